The maximum atomic E-state index is 12.1. The van der Waals surface area contributed by atoms with Gasteiger partial charge in [-0.1, -0.05) is 11.8 Å². The predicted octanol–water partition coefficient (Wildman–Crippen LogP) is 2.53. The Hall–Kier alpha value is -2.61. The number of carbonyl (C=O) groups excluding carboxylic acids is 1. The number of hydrogen-bond acceptors (Lipinski definition) is 6. The molecule has 0 radical (unpaired) electrons. The van der Waals surface area contributed by atoms with E-state index in [-0.39, 0.29) is 23.0 Å². The third-order valence-corrected chi connectivity index (χ3v) is 3.86. The smallest absolute Gasteiger partial charge is 0.335 e. The van der Waals surface area contributed by atoms with Gasteiger partial charge in [-0.05, 0) is 38.1 Å². The molecule has 2 rings (SSSR count). The zero-order valence-electron chi connectivity index (χ0n) is 13.5. The van der Waals surface area contributed by atoms with Gasteiger partial charge in [-0.15, -0.1) is 0 Å². The van der Waals surface area contributed by atoms with Crippen molar-refractivity contribution in [3.63, 3.8) is 0 Å². The van der Waals surface area contributed by atoms with E-state index in [4.69, 9.17) is 9.84 Å². The molecule has 7 nitrogen and oxygen atoms in total. The summed E-state index contributed by atoms with van der Waals surface area (Å²) in [5.41, 5.74) is 2.19. The van der Waals surface area contributed by atoms with E-state index in [1.54, 1.807) is 0 Å². The molecule has 0 unspecified atom stereocenters. The van der Waals surface area contributed by atoms with Crippen molar-refractivity contribution in [2.24, 2.45) is 0 Å². The second-order valence-electron chi connectivity index (χ2n) is 4.99. The largest absolute Gasteiger partial charge is 0.495 e. The first-order chi connectivity index (χ1) is 11.4. The third-order valence-electron chi connectivity index (χ3n) is 3.02. The van der Waals surface area contributed by atoms with Crippen molar-refractivity contribution in [1.82, 2.24) is 9.97 Å². The molecule has 0 fully saturated rings. The lowest BCUT2D eigenvalue weighted by Gasteiger charge is -2.10. The number of ether oxygens (including phenoxy) is 1. The Labute approximate surface area is 143 Å². The summed E-state index contributed by atoms with van der Waals surface area (Å²) < 4.78 is 5.12. The second-order valence-corrected chi connectivity index (χ2v) is 5.93. The molecule has 2 aromatic rings. The molecular weight excluding hydrogens is 330 g/mol. The van der Waals surface area contributed by atoms with E-state index < -0.39 is 5.97 Å². The van der Waals surface area contributed by atoms with Crippen LogP contribution < -0.4 is 10.1 Å². The van der Waals surface area contributed by atoms with Gasteiger partial charge in [0.05, 0.1) is 24.1 Å². The Kier molecular flexibility index (Phi) is 5.75. The number of thioether (sulfide) groups is 1. The Morgan fingerprint density at radius 2 is 1.88 bits per heavy atom. The van der Waals surface area contributed by atoms with Crippen LogP contribution in [-0.2, 0) is 4.79 Å². The SMILES string of the molecule is COc1cc(C(=O)O)ccc1NC(=O)CSc1nc(C)cc(C)n1. The average molecular weight is 347 g/mol. The summed E-state index contributed by atoms with van der Waals surface area (Å²) in [5.74, 6) is -0.902. The molecule has 8 heteroatoms. The highest BCUT2D eigenvalue weighted by Crippen LogP contribution is 2.26. The highest BCUT2D eigenvalue weighted by molar-refractivity contribution is 7.99. The molecule has 1 aromatic heterocycles. The van der Waals surface area contributed by atoms with E-state index in [9.17, 15) is 9.59 Å². The fourth-order valence-corrected chi connectivity index (χ4v) is 2.75. The lowest BCUT2D eigenvalue weighted by Crippen LogP contribution is -2.15. The molecule has 126 valence electrons. The minimum atomic E-state index is -1.06. The van der Waals surface area contributed by atoms with Gasteiger partial charge in [0.15, 0.2) is 5.16 Å². The van der Waals surface area contributed by atoms with Crippen LogP contribution in [-0.4, -0.2) is 39.8 Å². The fourth-order valence-electron chi connectivity index (χ4n) is 2.00. The molecule has 1 amide bonds. The molecule has 0 aliphatic heterocycles. The first-order valence-electron chi connectivity index (χ1n) is 7.05. The Balaban J connectivity index is 2.03. The van der Waals surface area contributed by atoms with Crippen LogP contribution in [0.5, 0.6) is 5.75 Å². The van der Waals surface area contributed by atoms with Crippen molar-refractivity contribution in [1.29, 1.82) is 0 Å². The maximum absolute atomic E-state index is 12.1. The number of carbonyl (C=O) groups is 2. The normalized spacial score (nSPS) is 10.3. The molecule has 0 atom stereocenters. The Morgan fingerprint density at radius 1 is 1.21 bits per heavy atom. The van der Waals surface area contributed by atoms with Gasteiger partial charge in [-0.3, -0.25) is 4.79 Å². The van der Waals surface area contributed by atoms with Crippen molar-refractivity contribution in [2.45, 2.75) is 19.0 Å². The first kappa shape index (κ1) is 17.7. The van der Waals surface area contributed by atoms with Crippen molar-refractivity contribution < 1.29 is 19.4 Å². The van der Waals surface area contributed by atoms with Gasteiger partial charge < -0.3 is 15.2 Å². The van der Waals surface area contributed by atoms with Gasteiger partial charge >= 0.3 is 5.97 Å². The maximum Gasteiger partial charge on any atom is 0.335 e. The van der Waals surface area contributed by atoms with E-state index in [0.29, 0.717) is 10.8 Å². The van der Waals surface area contributed by atoms with Gasteiger partial charge in [-0.25, -0.2) is 14.8 Å². The summed E-state index contributed by atoms with van der Waals surface area (Å²) in [7, 11) is 1.41. The van der Waals surface area contributed by atoms with Crippen LogP contribution in [0.3, 0.4) is 0 Å². The number of nitrogens with zero attached hydrogens (tertiary/aromatic N) is 2. The van der Waals surface area contributed by atoms with Crippen LogP contribution in [0.25, 0.3) is 0 Å². The van der Waals surface area contributed by atoms with Crippen LogP contribution >= 0.6 is 11.8 Å². The number of hydrogen-bond donors (Lipinski definition) is 2. The van der Waals surface area contributed by atoms with E-state index >= 15 is 0 Å². The molecule has 24 heavy (non-hydrogen) atoms. The van der Waals surface area contributed by atoms with Gasteiger partial charge in [0.25, 0.3) is 0 Å². The number of carboxylic acid groups (broad SMARTS) is 1. The first-order valence-corrected chi connectivity index (χ1v) is 8.04. The Bertz CT molecular complexity index is 760. The number of aromatic carboxylic acids is 1. The quantitative estimate of drug-likeness (QED) is 0.611. The van der Waals surface area contributed by atoms with Gasteiger partial charge in [0.1, 0.15) is 5.75 Å². The summed E-state index contributed by atoms with van der Waals surface area (Å²) in [5, 5.41) is 12.2. The average Bonchev–Trinajstić information content (AvgIpc) is 2.52. The summed E-state index contributed by atoms with van der Waals surface area (Å²) in [6.07, 6.45) is 0. The van der Waals surface area contributed by atoms with Crippen LogP contribution in [0, 0.1) is 13.8 Å². The lowest BCUT2D eigenvalue weighted by atomic mass is 10.2. The molecule has 1 aromatic carbocycles. The molecule has 0 aliphatic rings. The van der Waals surface area contributed by atoms with Crippen LogP contribution in [0.15, 0.2) is 29.4 Å². The van der Waals surface area contributed by atoms with Crippen LogP contribution in [0.4, 0.5) is 5.69 Å². The van der Waals surface area contributed by atoms with Crippen molar-refractivity contribution >= 4 is 29.3 Å². The third kappa shape index (κ3) is 4.69. The topological polar surface area (TPSA) is 101 Å². The molecule has 0 saturated heterocycles. The molecular formula is C16H17N3O4S. The number of benzene rings is 1. The highest BCUT2D eigenvalue weighted by Gasteiger charge is 2.12. The van der Waals surface area contributed by atoms with Crippen LogP contribution in [0.1, 0.15) is 21.7 Å². The number of anilines is 1. The summed E-state index contributed by atoms with van der Waals surface area (Å²) >= 11 is 1.23. The number of nitrogens with one attached hydrogen (secondary N) is 1. The van der Waals surface area contributed by atoms with E-state index in [1.807, 2.05) is 19.9 Å². The molecule has 2 N–H and O–H groups in total. The standard InChI is InChI=1S/C16H17N3O4S/c1-9-6-10(2)18-16(17-9)24-8-14(20)19-12-5-4-11(15(21)22)7-13(12)23-3/h4-7H,8H2,1-3H3,(H,19,20)(H,21,22). The number of aryl methyl sites for hydroxylation is 2. The number of methoxy groups -OCH3 is 1. The molecule has 0 bridgehead atoms. The minimum Gasteiger partial charge on any atom is -0.495 e. The summed E-state index contributed by atoms with van der Waals surface area (Å²) in [4.78, 5) is 31.6. The highest BCUT2D eigenvalue weighted by atomic mass is 32.2. The fraction of sp³-hybridized carbons (Fsp3) is 0.250. The van der Waals surface area contributed by atoms with Gasteiger partial charge in [0, 0.05) is 11.4 Å². The zero-order chi connectivity index (χ0) is 17.7. The molecule has 0 saturated carbocycles. The summed E-state index contributed by atoms with van der Waals surface area (Å²) in [6.45, 7) is 3.74. The number of aromatic nitrogens is 2. The number of carboxylic acids is 1. The minimum absolute atomic E-state index is 0.0860. The predicted molar refractivity (Wildman–Crippen MR) is 90.8 cm³/mol. The second kappa shape index (κ2) is 7.78. The number of rotatable bonds is 6. The zero-order valence-corrected chi connectivity index (χ0v) is 14.3. The van der Waals surface area contributed by atoms with Crippen LogP contribution in [0.2, 0.25) is 0 Å². The van der Waals surface area contributed by atoms with Crippen molar-refractivity contribution in [2.75, 3.05) is 18.2 Å². The number of amides is 1. The van der Waals surface area contributed by atoms with E-state index in [1.165, 1.54) is 37.1 Å². The Morgan fingerprint density at radius 3 is 2.46 bits per heavy atom. The molecule has 1 heterocycles. The summed E-state index contributed by atoms with van der Waals surface area (Å²) in [6, 6.07) is 6.12. The monoisotopic (exact) mass is 347 g/mol. The van der Waals surface area contributed by atoms with Crippen molar-refractivity contribution in [3.8, 4) is 5.75 Å². The van der Waals surface area contributed by atoms with Gasteiger partial charge in [-0.2, -0.15) is 0 Å². The van der Waals surface area contributed by atoms with Crippen molar-refractivity contribution in [3.05, 3.63) is 41.2 Å². The van der Waals surface area contributed by atoms with E-state index in [0.717, 1.165) is 11.4 Å². The molecule has 0 aliphatic carbocycles. The molecule has 0 spiro atoms. The van der Waals surface area contributed by atoms with Gasteiger partial charge in [0.2, 0.25) is 5.91 Å². The van der Waals surface area contributed by atoms with E-state index in [2.05, 4.69) is 15.3 Å². The lowest BCUT2D eigenvalue weighted by molar-refractivity contribution is -0.113.